The monoisotopic (exact) mass is 330 g/mol. The average molecular weight is 331 g/mol. The minimum atomic E-state index is -0.263. The van der Waals surface area contributed by atoms with E-state index in [1.807, 2.05) is 39.0 Å². The van der Waals surface area contributed by atoms with E-state index in [2.05, 4.69) is 10.3 Å². The second-order valence-corrected chi connectivity index (χ2v) is 5.91. The van der Waals surface area contributed by atoms with Gasteiger partial charge < -0.3 is 10.3 Å². The van der Waals surface area contributed by atoms with Crippen molar-refractivity contribution in [3.05, 3.63) is 73.7 Å². The molecule has 23 heavy (non-hydrogen) atoms. The van der Waals surface area contributed by atoms with Crippen molar-refractivity contribution in [3.8, 4) is 0 Å². The largest absolute Gasteiger partial charge is 0.348 e. The summed E-state index contributed by atoms with van der Waals surface area (Å²) < 4.78 is 0. The Balaban J connectivity index is 2.01. The fourth-order valence-corrected chi connectivity index (χ4v) is 2.41. The lowest BCUT2D eigenvalue weighted by atomic mass is 10.1. The number of hydrogen-bond acceptors (Lipinski definition) is 2. The molecule has 0 aliphatic carbocycles. The van der Waals surface area contributed by atoms with Gasteiger partial charge in [-0.3, -0.25) is 9.59 Å². The summed E-state index contributed by atoms with van der Waals surface area (Å²) in [6.45, 7) is 5.79. The summed E-state index contributed by atoms with van der Waals surface area (Å²) in [6.07, 6.45) is 3.12. The van der Waals surface area contributed by atoms with E-state index in [1.54, 1.807) is 12.1 Å². The summed E-state index contributed by atoms with van der Waals surface area (Å²) in [5.41, 5.74) is 3.90. The number of halogens is 1. The SMILES string of the molecule is Cc1cc(C)c(CNC(=O)/C=C/c2ccc(C)c(Cl)c2)c(=O)[nH]1. The van der Waals surface area contributed by atoms with Crippen molar-refractivity contribution in [2.24, 2.45) is 0 Å². The molecule has 1 aromatic carbocycles. The van der Waals surface area contributed by atoms with Crippen molar-refractivity contribution in [1.29, 1.82) is 0 Å². The van der Waals surface area contributed by atoms with Crippen LogP contribution < -0.4 is 10.9 Å². The van der Waals surface area contributed by atoms with Gasteiger partial charge in [-0.05, 0) is 55.7 Å². The number of carbonyl (C=O) groups excluding carboxylic acids is 1. The molecule has 0 saturated carbocycles. The van der Waals surface area contributed by atoms with Gasteiger partial charge in [-0.2, -0.15) is 0 Å². The van der Waals surface area contributed by atoms with Crippen LogP contribution in [-0.2, 0) is 11.3 Å². The quantitative estimate of drug-likeness (QED) is 0.845. The molecule has 1 amide bonds. The molecule has 2 rings (SSSR count). The Kier molecular flexibility index (Phi) is 5.40. The summed E-state index contributed by atoms with van der Waals surface area (Å²) in [5.74, 6) is -0.263. The lowest BCUT2D eigenvalue weighted by Gasteiger charge is -2.06. The smallest absolute Gasteiger partial charge is 0.253 e. The van der Waals surface area contributed by atoms with E-state index in [4.69, 9.17) is 11.6 Å². The molecule has 1 heterocycles. The number of pyridine rings is 1. The Hall–Kier alpha value is -2.33. The van der Waals surface area contributed by atoms with E-state index in [0.717, 1.165) is 22.4 Å². The molecule has 0 atom stereocenters. The summed E-state index contributed by atoms with van der Waals surface area (Å²) >= 11 is 6.05. The number of aromatic amines is 1. The van der Waals surface area contributed by atoms with Crippen LogP contribution in [0.15, 0.2) is 35.1 Å². The Labute approximate surface area is 140 Å². The van der Waals surface area contributed by atoms with Gasteiger partial charge in [0.25, 0.3) is 5.56 Å². The number of H-pyrrole nitrogens is 1. The normalized spacial score (nSPS) is 11.0. The van der Waals surface area contributed by atoms with Gasteiger partial charge in [0.1, 0.15) is 0 Å². The molecule has 5 heteroatoms. The Morgan fingerprint density at radius 3 is 2.61 bits per heavy atom. The Morgan fingerprint density at radius 1 is 1.22 bits per heavy atom. The molecule has 0 radical (unpaired) electrons. The van der Waals surface area contributed by atoms with E-state index in [0.29, 0.717) is 10.6 Å². The number of hydrogen-bond donors (Lipinski definition) is 2. The van der Waals surface area contributed by atoms with Crippen LogP contribution in [0, 0.1) is 20.8 Å². The maximum absolute atomic E-state index is 11.9. The molecule has 0 spiro atoms. The van der Waals surface area contributed by atoms with Gasteiger partial charge in [-0.15, -0.1) is 0 Å². The molecule has 1 aromatic heterocycles. The third-order valence-corrected chi connectivity index (χ3v) is 3.96. The van der Waals surface area contributed by atoms with Crippen LogP contribution in [0.4, 0.5) is 0 Å². The van der Waals surface area contributed by atoms with Crippen molar-refractivity contribution in [2.45, 2.75) is 27.3 Å². The highest BCUT2D eigenvalue weighted by atomic mass is 35.5. The lowest BCUT2D eigenvalue weighted by Crippen LogP contribution is -2.26. The van der Waals surface area contributed by atoms with Crippen molar-refractivity contribution in [1.82, 2.24) is 10.3 Å². The van der Waals surface area contributed by atoms with E-state index >= 15 is 0 Å². The molecule has 2 aromatic rings. The van der Waals surface area contributed by atoms with Crippen molar-refractivity contribution in [3.63, 3.8) is 0 Å². The third-order valence-electron chi connectivity index (χ3n) is 3.56. The van der Waals surface area contributed by atoms with Crippen molar-refractivity contribution >= 4 is 23.6 Å². The number of aromatic nitrogens is 1. The first-order valence-electron chi connectivity index (χ1n) is 7.28. The third kappa shape index (κ3) is 4.57. The van der Waals surface area contributed by atoms with Crippen LogP contribution in [0.2, 0.25) is 5.02 Å². The van der Waals surface area contributed by atoms with E-state index in [9.17, 15) is 9.59 Å². The highest BCUT2D eigenvalue weighted by Crippen LogP contribution is 2.17. The Morgan fingerprint density at radius 2 is 1.96 bits per heavy atom. The maximum atomic E-state index is 11.9. The van der Waals surface area contributed by atoms with E-state index in [1.165, 1.54) is 6.08 Å². The second-order valence-electron chi connectivity index (χ2n) is 5.50. The van der Waals surface area contributed by atoms with Crippen molar-refractivity contribution in [2.75, 3.05) is 0 Å². The van der Waals surface area contributed by atoms with Crippen molar-refractivity contribution < 1.29 is 4.79 Å². The molecule has 0 fully saturated rings. The van der Waals surface area contributed by atoms with Gasteiger partial charge in [-0.25, -0.2) is 0 Å². The molecule has 0 aliphatic rings. The highest BCUT2D eigenvalue weighted by molar-refractivity contribution is 6.31. The molecule has 0 aliphatic heterocycles. The topological polar surface area (TPSA) is 62.0 Å². The van der Waals surface area contributed by atoms with Crippen LogP contribution in [0.1, 0.15) is 27.9 Å². The number of rotatable bonds is 4. The summed E-state index contributed by atoms with van der Waals surface area (Å²) in [5, 5.41) is 3.38. The number of aryl methyl sites for hydroxylation is 3. The standard InChI is InChI=1S/C18H19ClN2O2/c1-11-4-5-14(9-16(11)19)6-7-17(22)20-10-15-12(2)8-13(3)21-18(15)23/h4-9H,10H2,1-3H3,(H,20,22)(H,21,23)/b7-6+. The van der Waals surface area contributed by atoms with Gasteiger partial charge in [0.05, 0.1) is 0 Å². The molecule has 120 valence electrons. The average Bonchev–Trinajstić information content (AvgIpc) is 2.47. The van der Waals surface area contributed by atoms with Gasteiger partial charge in [0.2, 0.25) is 5.91 Å². The van der Waals surface area contributed by atoms with Gasteiger partial charge in [0, 0.05) is 28.9 Å². The molecule has 0 unspecified atom stereocenters. The lowest BCUT2D eigenvalue weighted by molar-refractivity contribution is -0.116. The number of carbonyl (C=O) groups is 1. The maximum Gasteiger partial charge on any atom is 0.253 e. The first-order valence-corrected chi connectivity index (χ1v) is 7.66. The van der Waals surface area contributed by atoms with E-state index < -0.39 is 0 Å². The van der Waals surface area contributed by atoms with Crippen LogP contribution >= 0.6 is 11.6 Å². The molecule has 0 saturated heterocycles. The van der Waals surface area contributed by atoms with E-state index in [-0.39, 0.29) is 18.0 Å². The fourth-order valence-electron chi connectivity index (χ4n) is 2.22. The second kappa shape index (κ2) is 7.29. The first-order chi connectivity index (χ1) is 10.9. The number of amides is 1. The summed E-state index contributed by atoms with van der Waals surface area (Å²) in [7, 11) is 0. The fraction of sp³-hybridized carbons (Fsp3) is 0.222. The molecular formula is C18H19ClN2O2. The molecule has 4 nitrogen and oxygen atoms in total. The van der Waals surface area contributed by atoms with Crippen LogP contribution in [0.5, 0.6) is 0 Å². The predicted molar refractivity (Wildman–Crippen MR) is 93.6 cm³/mol. The minimum Gasteiger partial charge on any atom is -0.348 e. The highest BCUT2D eigenvalue weighted by Gasteiger charge is 2.06. The Bertz CT molecular complexity index is 822. The zero-order chi connectivity index (χ0) is 17.0. The summed E-state index contributed by atoms with van der Waals surface area (Å²) in [4.78, 5) is 26.5. The zero-order valence-electron chi connectivity index (χ0n) is 13.4. The molecular weight excluding hydrogens is 312 g/mol. The summed E-state index contributed by atoms with van der Waals surface area (Å²) in [6, 6.07) is 7.47. The van der Waals surface area contributed by atoms with Crippen LogP contribution in [0.25, 0.3) is 6.08 Å². The van der Waals surface area contributed by atoms with Gasteiger partial charge in [0.15, 0.2) is 0 Å². The van der Waals surface area contributed by atoms with Crippen LogP contribution in [0.3, 0.4) is 0 Å². The molecule has 2 N–H and O–H groups in total. The number of nitrogens with one attached hydrogen (secondary N) is 2. The van der Waals surface area contributed by atoms with Crippen LogP contribution in [-0.4, -0.2) is 10.9 Å². The predicted octanol–water partition coefficient (Wildman–Crippen LogP) is 3.28. The minimum absolute atomic E-state index is 0.169. The van der Waals surface area contributed by atoms with Gasteiger partial charge >= 0.3 is 0 Å². The first kappa shape index (κ1) is 17.0. The zero-order valence-corrected chi connectivity index (χ0v) is 14.1. The molecule has 0 bridgehead atoms. The number of benzene rings is 1. The van der Waals surface area contributed by atoms with Gasteiger partial charge in [-0.1, -0.05) is 23.7 Å².